The first kappa shape index (κ1) is 21.8. The molecule has 6 nitrogen and oxygen atoms in total. The Morgan fingerprint density at radius 1 is 1.10 bits per heavy atom. The van der Waals surface area contributed by atoms with E-state index in [9.17, 15) is 14.4 Å². The van der Waals surface area contributed by atoms with E-state index in [1.807, 2.05) is 38.1 Å². The zero-order valence-corrected chi connectivity index (χ0v) is 18.2. The first-order chi connectivity index (χ1) is 14.4. The van der Waals surface area contributed by atoms with Crippen LogP contribution in [0.15, 0.2) is 24.3 Å². The van der Waals surface area contributed by atoms with Gasteiger partial charge in [-0.25, -0.2) is 4.79 Å². The van der Waals surface area contributed by atoms with E-state index in [-0.39, 0.29) is 18.3 Å². The number of likely N-dealkylation sites (tertiary alicyclic amines) is 1. The molecule has 160 valence electrons. The Balaban J connectivity index is 2.08. The van der Waals surface area contributed by atoms with Crippen molar-refractivity contribution in [2.45, 2.75) is 59.4 Å². The molecular weight excluding hydrogens is 380 g/mol. The van der Waals surface area contributed by atoms with Gasteiger partial charge < -0.3 is 14.6 Å². The number of carbonyl (C=O) groups is 3. The lowest BCUT2D eigenvalue weighted by Crippen LogP contribution is -2.46. The van der Waals surface area contributed by atoms with Crippen LogP contribution in [0.5, 0.6) is 0 Å². The van der Waals surface area contributed by atoms with Crippen LogP contribution in [0.25, 0.3) is 11.1 Å². The zero-order valence-electron chi connectivity index (χ0n) is 18.2. The van der Waals surface area contributed by atoms with Gasteiger partial charge in [-0.1, -0.05) is 36.8 Å². The number of H-pyrrole nitrogens is 1. The molecule has 3 rings (SSSR count). The lowest BCUT2D eigenvalue weighted by molar-refractivity contribution is -0.130. The summed E-state index contributed by atoms with van der Waals surface area (Å²) in [6, 6.07) is 7.63. The molecule has 0 spiro atoms. The van der Waals surface area contributed by atoms with Gasteiger partial charge in [-0.15, -0.1) is 0 Å². The summed E-state index contributed by atoms with van der Waals surface area (Å²) in [7, 11) is 0. The summed E-state index contributed by atoms with van der Waals surface area (Å²) >= 11 is 0. The summed E-state index contributed by atoms with van der Waals surface area (Å²) in [6.45, 7) is 8.28. The van der Waals surface area contributed by atoms with Crippen molar-refractivity contribution in [3.8, 4) is 11.1 Å². The average molecular weight is 411 g/mol. The lowest BCUT2D eigenvalue weighted by atomic mass is 9.96. The van der Waals surface area contributed by atoms with Crippen molar-refractivity contribution in [2.24, 2.45) is 0 Å². The largest absolute Gasteiger partial charge is 0.462 e. The van der Waals surface area contributed by atoms with Crippen LogP contribution in [-0.2, 0) is 9.53 Å². The molecule has 1 aromatic heterocycles. The molecule has 6 heteroatoms. The van der Waals surface area contributed by atoms with Gasteiger partial charge in [-0.3, -0.25) is 9.59 Å². The number of ether oxygens (including phenoxy) is 1. The number of ketones is 1. The van der Waals surface area contributed by atoms with E-state index < -0.39 is 17.7 Å². The second-order valence-electron chi connectivity index (χ2n) is 7.85. The van der Waals surface area contributed by atoms with Crippen LogP contribution < -0.4 is 0 Å². The maximum atomic E-state index is 13.3. The Hall–Kier alpha value is -2.89. The van der Waals surface area contributed by atoms with Gasteiger partial charge in [0.05, 0.1) is 12.2 Å². The molecule has 0 aliphatic carbocycles. The van der Waals surface area contributed by atoms with Crippen LogP contribution >= 0.6 is 0 Å². The molecule has 1 atom stereocenters. The molecule has 1 fully saturated rings. The van der Waals surface area contributed by atoms with E-state index in [0.29, 0.717) is 28.9 Å². The number of nitrogens with one attached hydrogen (secondary N) is 1. The maximum absolute atomic E-state index is 13.3. The fraction of sp³-hybridized carbons (Fsp3) is 0.458. The summed E-state index contributed by atoms with van der Waals surface area (Å²) in [6.07, 6.45) is 3.71. The van der Waals surface area contributed by atoms with Crippen molar-refractivity contribution in [2.75, 3.05) is 13.2 Å². The van der Waals surface area contributed by atoms with Crippen molar-refractivity contribution >= 4 is 17.7 Å². The normalized spacial score (nSPS) is 16.4. The number of Topliss-reactive ketones (excluding diaryl/α,β-unsaturated/α-hetero) is 1. The van der Waals surface area contributed by atoms with Gasteiger partial charge in [0.15, 0.2) is 0 Å². The molecule has 1 N–H and O–H groups in total. The second kappa shape index (κ2) is 9.28. The number of benzene rings is 1. The molecule has 1 aliphatic rings. The molecule has 1 saturated heterocycles. The number of hydrogen-bond donors (Lipinski definition) is 1. The molecule has 0 bridgehead atoms. The number of nitrogens with zero attached hydrogens (tertiary/aromatic N) is 1. The number of rotatable bonds is 6. The summed E-state index contributed by atoms with van der Waals surface area (Å²) in [5, 5.41) is 0. The first-order valence-electron chi connectivity index (χ1n) is 10.7. The minimum atomic E-state index is -0.607. The molecule has 1 aliphatic heterocycles. The number of amides is 1. The number of aryl methyl sites for hydroxylation is 2. The lowest BCUT2D eigenvalue weighted by Gasteiger charge is -2.34. The molecule has 0 unspecified atom stereocenters. The van der Waals surface area contributed by atoms with Gasteiger partial charge in [-0.2, -0.15) is 0 Å². The monoisotopic (exact) mass is 410 g/mol. The summed E-state index contributed by atoms with van der Waals surface area (Å²) in [5.74, 6) is -1.62. The Morgan fingerprint density at radius 2 is 1.80 bits per heavy atom. The van der Waals surface area contributed by atoms with Crippen molar-refractivity contribution in [1.82, 2.24) is 9.88 Å². The maximum Gasteiger partial charge on any atom is 0.340 e. The summed E-state index contributed by atoms with van der Waals surface area (Å²) in [5.41, 5.74) is 3.19. The molecule has 30 heavy (non-hydrogen) atoms. The topological polar surface area (TPSA) is 79.5 Å². The smallest absolute Gasteiger partial charge is 0.340 e. The fourth-order valence-electron chi connectivity index (χ4n) is 4.19. The average Bonchev–Trinajstić information content (AvgIpc) is 3.10. The number of aromatic nitrogens is 1. The number of hydrogen-bond acceptors (Lipinski definition) is 4. The van der Waals surface area contributed by atoms with E-state index in [1.54, 1.807) is 18.7 Å². The van der Waals surface area contributed by atoms with E-state index >= 15 is 0 Å². The quantitative estimate of drug-likeness (QED) is 0.433. The van der Waals surface area contributed by atoms with E-state index in [1.165, 1.54) is 0 Å². The molecule has 0 radical (unpaired) electrons. The highest BCUT2D eigenvalue weighted by atomic mass is 16.5. The molecule has 0 saturated carbocycles. The third-order valence-electron chi connectivity index (χ3n) is 5.79. The number of esters is 1. The predicted octanol–water partition coefficient (Wildman–Crippen LogP) is 4.45. The van der Waals surface area contributed by atoms with Crippen LogP contribution in [-0.4, -0.2) is 46.7 Å². The van der Waals surface area contributed by atoms with Crippen LogP contribution in [0.4, 0.5) is 0 Å². The molecule has 2 aromatic rings. The molecule has 2 heterocycles. The van der Waals surface area contributed by atoms with Gasteiger partial charge in [0.2, 0.25) is 0 Å². The molecular formula is C24H30N2O4. The molecule has 1 amide bonds. The Bertz CT molecular complexity index is 943. The summed E-state index contributed by atoms with van der Waals surface area (Å²) in [4.78, 5) is 43.9. The minimum absolute atomic E-state index is 0.0820. The SMILES string of the molecule is CCOC(=O)c1c(C)[nH]c(C(=O)C(=O)N2CCCC[C@@H]2CC)c1-c1ccc(C)cc1. The van der Waals surface area contributed by atoms with Gasteiger partial charge in [0, 0.05) is 23.8 Å². The second-order valence-corrected chi connectivity index (χ2v) is 7.85. The Kier molecular flexibility index (Phi) is 6.75. The standard InChI is InChI=1S/C24H30N2O4/c1-5-18-9-7-8-14-26(18)23(28)22(27)21-20(17-12-10-15(3)11-13-17)19(16(4)25-21)24(29)30-6-2/h10-13,18,25H,5-9,14H2,1-4H3/t18-/m0/s1. The minimum Gasteiger partial charge on any atom is -0.462 e. The van der Waals surface area contributed by atoms with Gasteiger partial charge >= 0.3 is 5.97 Å². The first-order valence-corrected chi connectivity index (χ1v) is 10.7. The van der Waals surface area contributed by atoms with Gasteiger partial charge in [0.25, 0.3) is 11.7 Å². The van der Waals surface area contributed by atoms with Crippen molar-refractivity contribution < 1.29 is 19.1 Å². The Labute approximate surface area is 177 Å². The summed E-state index contributed by atoms with van der Waals surface area (Å²) < 4.78 is 5.23. The van der Waals surface area contributed by atoms with Crippen molar-refractivity contribution in [3.05, 3.63) is 46.8 Å². The van der Waals surface area contributed by atoms with Crippen LogP contribution in [0, 0.1) is 13.8 Å². The van der Waals surface area contributed by atoms with Crippen molar-refractivity contribution in [1.29, 1.82) is 0 Å². The van der Waals surface area contributed by atoms with E-state index in [4.69, 9.17) is 4.74 Å². The highest BCUT2D eigenvalue weighted by molar-refractivity contribution is 6.43. The zero-order chi connectivity index (χ0) is 21.8. The molecule has 1 aromatic carbocycles. The number of piperidine rings is 1. The van der Waals surface area contributed by atoms with Gasteiger partial charge in [-0.05, 0) is 52.0 Å². The van der Waals surface area contributed by atoms with Crippen molar-refractivity contribution in [3.63, 3.8) is 0 Å². The van der Waals surface area contributed by atoms with E-state index in [0.717, 1.165) is 31.2 Å². The fourth-order valence-corrected chi connectivity index (χ4v) is 4.19. The van der Waals surface area contributed by atoms with Crippen LogP contribution in [0.1, 0.15) is 71.6 Å². The number of aromatic amines is 1. The van der Waals surface area contributed by atoms with Gasteiger partial charge in [0.1, 0.15) is 5.69 Å². The highest BCUT2D eigenvalue weighted by Gasteiger charge is 2.34. The highest BCUT2D eigenvalue weighted by Crippen LogP contribution is 2.32. The number of carbonyl (C=O) groups excluding carboxylic acids is 3. The Morgan fingerprint density at radius 3 is 2.43 bits per heavy atom. The van der Waals surface area contributed by atoms with Crippen LogP contribution in [0.3, 0.4) is 0 Å². The third-order valence-corrected chi connectivity index (χ3v) is 5.79. The third kappa shape index (κ3) is 4.18. The van der Waals surface area contributed by atoms with Crippen LogP contribution in [0.2, 0.25) is 0 Å². The van der Waals surface area contributed by atoms with E-state index in [2.05, 4.69) is 4.98 Å². The predicted molar refractivity (Wildman–Crippen MR) is 116 cm³/mol.